The molecule has 0 atom stereocenters. The van der Waals surface area contributed by atoms with Gasteiger partial charge in [-0.1, -0.05) is 19.0 Å². The minimum absolute atomic E-state index is 0.245. The van der Waals surface area contributed by atoms with Crippen molar-refractivity contribution in [2.75, 3.05) is 18.9 Å². The minimum atomic E-state index is 0.245. The molecule has 2 heterocycles. The van der Waals surface area contributed by atoms with Crippen LogP contribution in [0.4, 0.5) is 5.82 Å². The van der Waals surface area contributed by atoms with Crippen LogP contribution in [0.2, 0.25) is 0 Å². The number of anilines is 1. The summed E-state index contributed by atoms with van der Waals surface area (Å²) in [4.78, 5) is 0. The molecule has 0 spiro atoms. The maximum Gasteiger partial charge on any atom is 0.175 e. The molecule has 112 valence electrons. The lowest BCUT2D eigenvalue weighted by Gasteiger charge is -2.19. The maximum absolute atomic E-state index is 5.94. The molecule has 5 nitrogen and oxygen atoms in total. The van der Waals surface area contributed by atoms with E-state index < -0.39 is 0 Å². The van der Waals surface area contributed by atoms with Gasteiger partial charge < -0.3 is 19.7 Å². The van der Waals surface area contributed by atoms with Crippen molar-refractivity contribution in [3.63, 3.8) is 0 Å². The molecule has 21 heavy (non-hydrogen) atoms. The minimum Gasteiger partial charge on any atom is -0.489 e. The second kappa shape index (κ2) is 5.60. The first-order valence-electron chi connectivity index (χ1n) is 6.92. The van der Waals surface area contributed by atoms with Crippen LogP contribution in [-0.2, 0) is 0 Å². The highest BCUT2D eigenvalue weighted by atomic mass is 79.9. The number of ether oxygens (including phenoxy) is 2. The van der Waals surface area contributed by atoms with Crippen molar-refractivity contribution in [3.8, 4) is 22.8 Å². The second-order valence-corrected chi connectivity index (χ2v) is 6.15. The lowest BCUT2D eigenvalue weighted by atomic mass is 9.94. The molecule has 0 amide bonds. The summed E-state index contributed by atoms with van der Waals surface area (Å²) in [6.07, 6.45) is 0.864. The molecule has 1 aliphatic rings. The molecule has 0 fully saturated rings. The van der Waals surface area contributed by atoms with E-state index in [1.807, 2.05) is 6.07 Å². The maximum atomic E-state index is 5.94. The van der Waals surface area contributed by atoms with Crippen molar-refractivity contribution in [3.05, 3.63) is 22.2 Å². The monoisotopic (exact) mass is 352 g/mol. The van der Waals surface area contributed by atoms with E-state index in [9.17, 15) is 0 Å². The molecule has 6 heteroatoms. The predicted molar refractivity (Wildman–Crippen MR) is 83.7 cm³/mol. The van der Waals surface area contributed by atoms with Gasteiger partial charge in [0, 0.05) is 23.6 Å². The quantitative estimate of drug-likeness (QED) is 0.885. The molecule has 1 aliphatic heterocycles. The van der Waals surface area contributed by atoms with E-state index in [0.29, 0.717) is 24.8 Å². The van der Waals surface area contributed by atoms with Crippen molar-refractivity contribution in [1.82, 2.24) is 5.16 Å². The van der Waals surface area contributed by atoms with Gasteiger partial charge in [0.05, 0.1) is 17.7 Å². The molecule has 0 unspecified atom stereocenters. The largest absolute Gasteiger partial charge is 0.489 e. The van der Waals surface area contributed by atoms with Crippen molar-refractivity contribution < 1.29 is 14.0 Å². The van der Waals surface area contributed by atoms with Gasteiger partial charge >= 0.3 is 0 Å². The number of hydrogen-bond donors (Lipinski definition) is 1. The molecule has 0 aliphatic carbocycles. The number of nitrogen functional groups attached to an aromatic ring is 1. The zero-order chi connectivity index (χ0) is 15.0. The molecule has 0 saturated carbocycles. The number of nitrogens with two attached hydrogens (primary N) is 1. The summed E-state index contributed by atoms with van der Waals surface area (Å²) in [6.45, 7) is 5.51. The van der Waals surface area contributed by atoms with Crippen LogP contribution in [0.1, 0.15) is 31.7 Å². The molecular weight excluding hydrogens is 336 g/mol. The van der Waals surface area contributed by atoms with Crippen LogP contribution in [0.5, 0.6) is 11.5 Å². The third-order valence-electron chi connectivity index (χ3n) is 3.38. The fourth-order valence-electron chi connectivity index (χ4n) is 2.50. The van der Waals surface area contributed by atoms with Gasteiger partial charge in [-0.15, -0.1) is 0 Å². The van der Waals surface area contributed by atoms with Gasteiger partial charge in [-0.3, -0.25) is 0 Å². The van der Waals surface area contributed by atoms with Crippen molar-refractivity contribution >= 4 is 21.7 Å². The van der Waals surface area contributed by atoms with Crippen molar-refractivity contribution in [2.24, 2.45) is 0 Å². The number of fused-ring (bicyclic) bond motifs is 1. The zero-order valence-corrected chi connectivity index (χ0v) is 13.6. The number of nitrogens with zero attached hydrogens (tertiary/aromatic N) is 1. The molecule has 2 aromatic rings. The third kappa shape index (κ3) is 2.60. The molecule has 1 aromatic heterocycles. The number of halogens is 1. The van der Waals surface area contributed by atoms with Gasteiger partial charge in [0.1, 0.15) is 0 Å². The summed E-state index contributed by atoms with van der Waals surface area (Å²) in [5, 5.41) is 3.77. The number of aromatic nitrogens is 1. The van der Waals surface area contributed by atoms with Gasteiger partial charge in [0.2, 0.25) is 0 Å². The average Bonchev–Trinajstić information content (AvgIpc) is 2.72. The van der Waals surface area contributed by atoms with Gasteiger partial charge in [-0.25, -0.2) is 0 Å². The highest BCUT2D eigenvalue weighted by Crippen LogP contribution is 2.47. The first kappa shape index (κ1) is 14.3. The molecule has 0 radical (unpaired) electrons. The Morgan fingerprint density at radius 1 is 1.19 bits per heavy atom. The van der Waals surface area contributed by atoms with E-state index in [2.05, 4.69) is 34.9 Å². The normalized spacial score (nSPS) is 14.3. The van der Waals surface area contributed by atoms with E-state index in [-0.39, 0.29) is 5.92 Å². The summed E-state index contributed by atoms with van der Waals surface area (Å²) in [5.41, 5.74) is 7.64. The van der Waals surface area contributed by atoms with Crippen LogP contribution in [-0.4, -0.2) is 18.4 Å². The number of hydrogen-bond acceptors (Lipinski definition) is 5. The van der Waals surface area contributed by atoms with E-state index in [0.717, 1.165) is 33.5 Å². The lowest BCUT2D eigenvalue weighted by Crippen LogP contribution is -2.02. The summed E-state index contributed by atoms with van der Waals surface area (Å²) in [5.74, 6) is 2.78. The van der Waals surface area contributed by atoms with Crippen molar-refractivity contribution in [2.45, 2.75) is 26.2 Å². The highest BCUT2D eigenvalue weighted by molar-refractivity contribution is 9.10. The van der Waals surface area contributed by atoms with Crippen LogP contribution < -0.4 is 15.2 Å². The smallest absolute Gasteiger partial charge is 0.175 e. The van der Waals surface area contributed by atoms with Crippen LogP contribution in [0, 0.1) is 0 Å². The van der Waals surface area contributed by atoms with Crippen molar-refractivity contribution in [1.29, 1.82) is 0 Å². The highest BCUT2D eigenvalue weighted by Gasteiger charge is 2.25. The van der Waals surface area contributed by atoms with Crippen LogP contribution >= 0.6 is 15.9 Å². The summed E-state index contributed by atoms with van der Waals surface area (Å²) >= 11 is 3.56. The van der Waals surface area contributed by atoms with Gasteiger partial charge in [0.15, 0.2) is 23.1 Å². The molecule has 2 N–H and O–H groups in total. The lowest BCUT2D eigenvalue weighted by molar-refractivity contribution is 0.295. The van der Waals surface area contributed by atoms with E-state index >= 15 is 0 Å². The van der Waals surface area contributed by atoms with E-state index in [4.69, 9.17) is 19.7 Å². The molecule has 0 saturated heterocycles. The van der Waals surface area contributed by atoms with Gasteiger partial charge in [-0.05, 0) is 27.9 Å². The SMILES string of the molecule is CC(C)c1c(-c2cc(N)no2)cc(Br)c2c1OCCCO2. The molecule has 1 aromatic carbocycles. The Hall–Kier alpha value is -1.69. The summed E-state index contributed by atoms with van der Waals surface area (Å²) < 4.78 is 17.9. The Balaban J connectivity index is 2.25. The van der Waals surface area contributed by atoms with E-state index in [1.165, 1.54) is 0 Å². The van der Waals surface area contributed by atoms with Gasteiger partial charge in [-0.2, -0.15) is 0 Å². The Labute approximate surface area is 131 Å². The van der Waals surface area contributed by atoms with E-state index in [1.54, 1.807) is 6.07 Å². The van der Waals surface area contributed by atoms with Gasteiger partial charge in [0.25, 0.3) is 0 Å². The average molecular weight is 353 g/mol. The Bertz CT molecular complexity index is 667. The second-order valence-electron chi connectivity index (χ2n) is 5.30. The fourth-order valence-corrected chi connectivity index (χ4v) is 3.02. The topological polar surface area (TPSA) is 70.5 Å². The van der Waals surface area contributed by atoms with Crippen LogP contribution in [0.15, 0.2) is 21.1 Å². The Kier molecular flexibility index (Phi) is 3.80. The first-order chi connectivity index (χ1) is 10.1. The summed E-state index contributed by atoms with van der Waals surface area (Å²) in [6, 6.07) is 3.69. The molecular formula is C15H17BrN2O3. The predicted octanol–water partition coefficient (Wildman–Crippen LogP) is 3.97. The fraction of sp³-hybridized carbons (Fsp3) is 0.400. The third-order valence-corrected chi connectivity index (χ3v) is 3.97. The standard InChI is InChI=1S/C15H17BrN2O3/c1-8(2)13-9(11-7-12(17)18-21-11)6-10(16)14-15(13)20-5-3-4-19-14/h6-8H,3-5H2,1-2H3,(H2,17,18). The summed E-state index contributed by atoms with van der Waals surface area (Å²) in [7, 11) is 0. The van der Waals surface area contributed by atoms with Crippen LogP contribution in [0.3, 0.4) is 0 Å². The molecule has 3 rings (SSSR count). The van der Waals surface area contributed by atoms with Crippen LogP contribution in [0.25, 0.3) is 11.3 Å². The molecule has 0 bridgehead atoms. The number of benzene rings is 1. The zero-order valence-electron chi connectivity index (χ0n) is 12.0. The first-order valence-corrected chi connectivity index (χ1v) is 7.71. The Morgan fingerprint density at radius 2 is 1.90 bits per heavy atom. The number of rotatable bonds is 2. The Morgan fingerprint density at radius 3 is 2.52 bits per heavy atom.